The second kappa shape index (κ2) is 3.17. The highest BCUT2D eigenvalue weighted by molar-refractivity contribution is 5.36. The number of pyridine rings is 1. The van der Waals surface area contributed by atoms with Crippen molar-refractivity contribution in [2.75, 3.05) is 12.8 Å². The van der Waals surface area contributed by atoms with Gasteiger partial charge in [-0.25, -0.2) is 0 Å². The van der Waals surface area contributed by atoms with Gasteiger partial charge in [-0.1, -0.05) is 0 Å². The predicted octanol–water partition coefficient (Wildman–Crippen LogP) is 0.383. The fraction of sp³-hybridized carbons (Fsp3) is 0.286. The van der Waals surface area contributed by atoms with Crippen molar-refractivity contribution in [2.24, 2.45) is 0 Å². The van der Waals surface area contributed by atoms with Gasteiger partial charge in [0.1, 0.15) is 0 Å². The van der Waals surface area contributed by atoms with Gasteiger partial charge in [-0.3, -0.25) is 4.98 Å². The Morgan fingerprint density at radius 3 is 3.00 bits per heavy atom. The van der Waals surface area contributed by atoms with E-state index in [4.69, 9.17) is 5.73 Å². The molecule has 0 aliphatic carbocycles. The lowest BCUT2D eigenvalue weighted by molar-refractivity contribution is 0.814. The van der Waals surface area contributed by atoms with Crippen molar-refractivity contribution in [2.45, 2.75) is 6.54 Å². The molecule has 1 aromatic heterocycles. The Bertz CT molecular complexity index is 210. The lowest BCUT2D eigenvalue weighted by Crippen LogP contribution is -2.05. The number of aromatic nitrogens is 1. The van der Waals surface area contributed by atoms with Crippen LogP contribution in [0.25, 0.3) is 0 Å². The summed E-state index contributed by atoms with van der Waals surface area (Å²) in [7, 11) is 1.89. The van der Waals surface area contributed by atoms with Gasteiger partial charge in [-0.2, -0.15) is 0 Å². The standard InChI is InChI=1S/C7H11N3/c1-9-3-6-2-7(8)5-10-4-6/h2,4-5,9H,3,8H2,1H3. The fourth-order valence-corrected chi connectivity index (χ4v) is 0.808. The molecule has 1 aromatic rings. The molecule has 3 N–H and O–H groups in total. The maximum atomic E-state index is 5.50. The van der Waals surface area contributed by atoms with Gasteiger partial charge in [0, 0.05) is 18.9 Å². The first-order valence-electron chi connectivity index (χ1n) is 3.17. The van der Waals surface area contributed by atoms with Crippen LogP contribution in [-0.2, 0) is 6.54 Å². The highest BCUT2D eigenvalue weighted by atomic mass is 14.8. The van der Waals surface area contributed by atoms with Crippen LogP contribution in [0.4, 0.5) is 5.69 Å². The van der Waals surface area contributed by atoms with E-state index in [9.17, 15) is 0 Å². The van der Waals surface area contributed by atoms with Crippen LogP contribution < -0.4 is 11.1 Å². The van der Waals surface area contributed by atoms with E-state index in [0.29, 0.717) is 5.69 Å². The Balaban J connectivity index is 2.75. The van der Waals surface area contributed by atoms with Crippen molar-refractivity contribution in [3.8, 4) is 0 Å². The minimum absolute atomic E-state index is 0.716. The smallest absolute Gasteiger partial charge is 0.0503 e. The lowest BCUT2D eigenvalue weighted by atomic mass is 10.3. The second-order valence-corrected chi connectivity index (χ2v) is 2.16. The number of hydrogen-bond acceptors (Lipinski definition) is 3. The van der Waals surface area contributed by atoms with E-state index >= 15 is 0 Å². The molecule has 0 aliphatic heterocycles. The van der Waals surface area contributed by atoms with Crippen LogP contribution in [-0.4, -0.2) is 12.0 Å². The lowest BCUT2D eigenvalue weighted by Gasteiger charge is -1.98. The first-order valence-corrected chi connectivity index (χ1v) is 3.17. The van der Waals surface area contributed by atoms with Gasteiger partial charge in [0.2, 0.25) is 0 Å². The highest BCUT2D eigenvalue weighted by Gasteiger charge is 1.89. The molecule has 1 heterocycles. The molecule has 0 aliphatic rings. The molecule has 54 valence electrons. The van der Waals surface area contributed by atoms with E-state index in [-0.39, 0.29) is 0 Å². The molecule has 0 fully saturated rings. The normalized spacial score (nSPS) is 9.70. The summed E-state index contributed by atoms with van der Waals surface area (Å²) in [5, 5.41) is 3.02. The molecule has 10 heavy (non-hydrogen) atoms. The Labute approximate surface area is 60.3 Å². The monoisotopic (exact) mass is 137 g/mol. The van der Waals surface area contributed by atoms with Crippen LogP contribution in [0.15, 0.2) is 18.5 Å². The van der Waals surface area contributed by atoms with Crippen molar-refractivity contribution in [3.05, 3.63) is 24.0 Å². The first-order chi connectivity index (χ1) is 4.83. The molecule has 0 aromatic carbocycles. The zero-order chi connectivity index (χ0) is 7.40. The summed E-state index contributed by atoms with van der Waals surface area (Å²) in [6, 6.07) is 1.91. The van der Waals surface area contributed by atoms with Crippen LogP contribution in [0.1, 0.15) is 5.56 Å². The first kappa shape index (κ1) is 7.02. The largest absolute Gasteiger partial charge is 0.397 e. The Hall–Kier alpha value is -1.09. The number of hydrogen-bond donors (Lipinski definition) is 2. The topological polar surface area (TPSA) is 50.9 Å². The van der Waals surface area contributed by atoms with Gasteiger partial charge in [0.05, 0.1) is 5.69 Å². The van der Waals surface area contributed by atoms with E-state index in [1.807, 2.05) is 13.1 Å². The van der Waals surface area contributed by atoms with E-state index in [1.165, 1.54) is 0 Å². The quantitative estimate of drug-likeness (QED) is 0.619. The van der Waals surface area contributed by atoms with Crippen molar-refractivity contribution < 1.29 is 0 Å². The summed E-state index contributed by atoms with van der Waals surface area (Å²) < 4.78 is 0. The molecule has 0 saturated carbocycles. The number of anilines is 1. The third-order valence-electron chi connectivity index (χ3n) is 1.20. The summed E-state index contributed by atoms with van der Waals surface area (Å²) in [6.07, 6.45) is 3.44. The molecular formula is C7H11N3. The molecule has 0 atom stereocenters. The summed E-state index contributed by atoms with van der Waals surface area (Å²) in [6.45, 7) is 0.818. The minimum atomic E-state index is 0.716. The Kier molecular flexibility index (Phi) is 2.23. The van der Waals surface area contributed by atoms with Gasteiger partial charge >= 0.3 is 0 Å². The number of nitrogens with zero attached hydrogens (tertiary/aromatic N) is 1. The number of nitrogens with two attached hydrogens (primary N) is 1. The van der Waals surface area contributed by atoms with Crippen molar-refractivity contribution in [3.63, 3.8) is 0 Å². The molecule has 0 radical (unpaired) electrons. The van der Waals surface area contributed by atoms with Crippen molar-refractivity contribution in [1.82, 2.24) is 10.3 Å². The number of rotatable bonds is 2. The van der Waals surface area contributed by atoms with Gasteiger partial charge in [-0.15, -0.1) is 0 Å². The second-order valence-electron chi connectivity index (χ2n) is 2.16. The van der Waals surface area contributed by atoms with Crippen LogP contribution >= 0.6 is 0 Å². The maximum absolute atomic E-state index is 5.50. The van der Waals surface area contributed by atoms with Gasteiger partial charge in [0.25, 0.3) is 0 Å². The summed E-state index contributed by atoms with van der Waals surface area (Å²) in [5.41, 5.74) is 7.33. The number of nitrogens with one attached hydrogen (secondary N) is 1. The summed E-state index contributed by atoms with van der Waals surface area (Å²) in [5.74, 6) is 0. The van der Waals surface area contributed by atoms with Gasteiger partial charge in [0.15, 0.2) is 0 Å². The Morgan fingerprint density at radius 2 is 2.40 bits per heavy atom. The molecule has 3 heteroatoms. The van der Waals surface area contributed by atoms with Gasteiger partial charge in [-0.05, 0) is 18.7 Å². The molecule has 0 bridgehead atoms. The van der Waals surface area contributed by atoms with E-state index in [1.54, 1.807) is 12.4 Å². The van der Waals surface area contributed by atoms with Gasteiger partial charge < -0.3 is 11.1 Å². The van der Waals surface area contributed by atoms with Crippen LogP contribution in [0.2, 0.25) is 0 Å². The molecular weight excluding hydrogens is 126 g/mol. The Morgan fingerprint density at radius 1 is 1.60 bits per heavy atom. The van der Waals surface area contributed by atoms with E-state index < -0.39 is 0 Å². The fourth-order valence-electron chi connectivity index (χ4n) is 0.808. The number of nitrogen functional groups attached to an aromatic ring is 1. The highest BCUT2D eigenvalue weighted by Crippen LogP contribution is 2.02. The third-order valence-corrected chi connectivity index (χ3v) is 1.20. The minimum Gasteiger partial charge on any atom is -0.397 e. The third kappa shape index (κ3) is 1.70. The molecule has 0 spiro atoms. The molecule has 0 saturated heterocycles. The van der Waals surface area contributed by atoms with Crippen LogP contribution in [0, 0.1) is 0 Å². The van der Waals surface area contributed by atoms with Crippen molar-refractivity contribution in [1.29, 1.82) is 0 Å². The predicted molar refractivity (Wildman–Crippen MR) is 41.4 cm³/mol. The van der Waals surface area contributed by atoms with Crippen LogP contribution in [0.5, 0.6) is 0 Å². The molecule has 3 nitrogen and oxygen atoms in total. The molecule has 0 unspecified atom stereocenters. The van der Waals surface area contributed by atoms with Crippen molar-refractivity contribution >= 4 is 5.69 Å². The zero-order valence-corrected chi connectivity index (χ0v) is 5.96. The van der Waals surface area contributed by atoms with E-state index in [2.05, 4.69) is 10.3 Å². The molecule has 0 amide bonds. The summed E-state index contributed by atoms with van der Waals surface area (Å²) >= 11 is 0. The average Bonchev–Trinajstić information content (AvgIpc) is 1.88. The summed E-state index contributed by atoms with van der Waals surface area (Å²) in [4.78, 5) is 3.94. The SMILES string of the molecule is CNCc1cncc(N)c1. The maximum Gasteiger partial charge on any atom is 0.0503 e. The molecule has 1 rings (SSSR count). The van der Waals surface area contributed by atoms with Crippen LogP contribution in [0.3, 0.4) is 0 Å². The zero-order valence-electron chi connectivity index (χ0n) is 5.96. The van der Waals surface area contributed by atoms with E-state index in [0.717, 1.165) is 12.1 Å². The average molecular weight is 137 g/mol.